The Hall–Kier alpha value is -3.05. The van der Waals surface area contributed by atoms with Gasteiger partial charge in [-0.25, -0.2) is 13.6 Å². The lowest BCUT2D eigenvalue weighted by atomic mass is 9.91. The molecule has 0 radical (unpaired) electrons. The highest BCUT2D eigenvalue weighted by Gasteiger charge is 2.23. The third-order valence-corrected chi connectivity index (χ3v) is 8.30. The number of aryl methyl sites for hydroxylation is 1. The Morgan fingerprint density at radius 3 is 1.84 bits per heavy atom. The first-order valence-corrected chi connectivity index (χ1v) is 17.1. The monoisotopic (exact) mass is 606 g/mol. The number of hydrogen-bond donors (Lipinski definition) is 0. The average Bonchev–Trinajstić information content (AvgIpc) is 3.04. The first kappa shape index (κ1) is 35.4. The van der Waals surface area contributed by atoms with Crippen LogP contribution in [-0.2, 0) is 16.2 Å². The Morgan fingerprint density at radius 1 is 0.636 bits per heavy atom. The lowest BCUT2D eigenvalue weighted by Gasteiger charge is -2.15. The highest BCUT2D eigenvalue weighted by atomic mass is 19.1. The van der Waals surface area contributed by atoms with Crippen LogP contribution < -0.4 is 0 Å². The predicted octanol–water partition coefficient (Wildman–Crippen LogP) is 12.2. The molecule has 3 aromatic rings. The number of benzene rings is 3. The molecule has 0 atom stereocenters. The van der Waals surface area contributed by atoms with Gasteiger partial charge in [-0.3, -0.25) is 4.89 Å². The van der Waals surface area contributed by atoms with Gasteiger partial charge in [0.2, 0.25) is 0 Å². The van der Waals surface area contributed by atoms with E-state index in [1.807, 2.05) is 30.3 Å². The van der Waals surface area contributed by atoms with Gasteiger partial charge in [0.15, 0.2) is 0 Å². The summed E-state index contributed by atoms with van der Waals surface area (Å²) in [5, 5.41) is 0. The summed E-state index contributed by atoms with van der Waals surface area (Å²) >= 11 is 0. The minimum absolute atomic E-state index is 0.172. The predicted molar refractivity (Wildman–Crippen MR) is 178 cm³/mol. The lowest BCUT2D eigenvalue weighted by molar-refractivity contribution is -0.241. The molecule has 3 nitrogen and oxygen atoms in total. The second kappa shape index (κ2) is 20.8. The zero-order valence-corrected chi connectivity index (χ0v) is 27.0. The Kier molecular flexibility index (Phi) is 16.8. The maximum absolute atomic E-state index is 16.1. The molecule has 0 saturated heterocycles. The summed E-state index contributed by atoms with van der Waals surface area (Å²) in [5.74, 6) is -2.00. The minimum Gasteiger partial charge on any atom is -0.293 e. The van der Waals surface area contributed by atoms with E-state index in [0.29, 0.717) is 23.1 Å². The number of rotatable bonds is 22. The molecule has 0 aliphatic heterocycles. The van der Waals surface area contributed by atoms with Crippen molar-refractivity contribution in [2.75, 3.05) is 6.61 Å². The number of carbonyl (C=O) groups excluding carboxylic acids is 1. The van der Waals surface area contributed by atoms with Crippen molar-refractivity contribution in [2.24, 2.45) is 0 Å². The zero-order chi connectivity index (χ0) is 31.4. The highest BCUT2D eigenvalue weighted by Crippen LogP contribution is 2.37. The van der Waals surface area contributed by atoms with Gasteiger partial charge in [-0.05, 0) is 53.6 Å². The van der Waals surface area contributed by atoms with E-state index in [1.165, 1.54) is 82.8 Å². The summed E-state index contributed by atoms with van der Waals surface area (Å²) in [6.45, 7) is 4.67. The smallest absolute Gasteiger partial charge is 0.293 e. The van der Waals surface area contributed by atoms with Crippen LogP contribution in [0.1, 0.15) is 133 Å². The molecule has 5 heteroatoms. The van der Waals surface area contributed by atoms with Crippen LogP contribution in [0.3, 0.4) is 0 Å². The SMILES string of the molecule is CCCCCCCCCCCCc1ccc(-c2c(-c3ccccc3)ccc(C(=O)OOCCCCCCCC)c2F)cc1F. The number of unbranched alkanes of at least 4 members (excludes halogenated alkanes) is 14. The first-order valence-electron chi connectivity index (χ1n) is 17.1. The number of halogens is 2. The van der Waals surface area contributed by atoms with Crippen molar-refractivity contribution in [1.82, 2.24) is 0 Å². The van der Waals surface area contributed by atoms with Crippen LogP contribution in [0, 0.1) is 11.6 Å². The van der Waals surface area contributed by atoms with Crippen molar-refractivity contribution in [1.29, 1.82) is 0 Å². The van der Waals surface area contributed by atoms with Crippen LogP contribution in [-0.4, -0.2) is 12.6 Å². The van der Waals surface area contributed by atoms with E-state index >= 15 is 8.78 Å². The minimum atomic E-state index is -0.896. The Bertz CT molecular complexity index is 1240. The van der Waals surface area contributed by atoms with Crippen LogP contribution in [0.5, 0.6) is 0 Å². The van der Waals surface area contributed by atoms with E-state index in [1.54, 1.807) is 18.2 Å². The molecule has 240 valence electrons. The van der Waals surface area contributed by atoms with Gasteiger partial charge in [-0.1, -0.05) is 152 Å². The molecule has 0 aliphatic rings. The van der Waals surface area contributed by atoms with E-state index in [9.17, 15) is 4.79 Å². The zero-order valence-electron chi connectivity index (χ0n) is 27.0. The molecule has 3 aromatic carbocycles. The summed E-state index contributed by atoms with van der Waals surface area (Å²) in [6.07, 6.45) is 19.4. The number of hydrogen-bond acceptors (Lipinski definition) is 3. The van der Waals surface area contributed by atoms with E-state index < -0.39 is 11.8 Å². The molecule has 0 aromatic heterocycles. The van der Waals surface area contributed by atoms with Gasteiger partial charge in [0.05, 0.1) is 12.2 Å². The van der Waals surface area contributed by atoms with Gasteiger partial charge in [-0.2, -0.15) is 4.89 Å². The molecular weight excluding hydrogens is 554 g/mol. The van der Waals surface area contributed by atoms with Crippen molar-refractivity contribution >= 4 is 5.97 Å². The van der Waals surface area contributed by atoms with Crippen molar-refractivity contribution in [3.8, 4) is 22.3 Å². The fourth-order valence-corrected chi connectivity index (χ4v) is 5.66. The molecule has 0 aliphatic carbocycles. The molecule has 44 heavy (non-hydrogen) atoms. The van der Waals surface area contributed by atoms with Crippen LogP contribution in [0.15, 0.2) is 60.7 Å². The Labute approximate surface area is 264 Å². The molecule has 0 amide bonds. The number of carbonyl (C=O) groups is 1. The Morgan fingerprint density at radius 2 is 1.23 bits per heavy atom. The fraction of sp³-hybridized carbons (Fsp3) is 0.513. The summed E-state index contributed by atoms with van der Waals surface area (Å²) in [4.78, 5) is 22.9. The summed E-state index contributed by atoms with van der Waals surface area (Å²) < 4.78 is 31.4. The largest absolute Gasteiger partial charge is 0.376 e. The fourth-order valence-electron chi connectivity index (χ4n) is 5.66. The molecule has 0 N–H and O–H groups in total. The molecule has 0 fully saturated rings. The quantitative estimate of drug-likeness (QED) is 0.0648. The van der Waals surface area contributed by atoms with Crippen LogP contribution >= 0.6 is 0 Å². The summed E-state index contributed by atoms with van der Waals surface area (Å²) in [6, 6.07) is 17.4. The molecule has 0 bridgehead atoms. The average molecular weight is 607 g/mol. The second-order valence-electron chi connectivity index (χ2n) is 11.9. The van der Waals surface area contributed by atoms with E-state index in [0.717, 1.165) is 37.7 Å². The van der Waals surface area contributed by atoms with Crippen molar-refractivity contribution in [2.45, 2.75) is 123 Å². The molecule has 0 spiro atoms. The van der Waals surface area contributed by atoms with Crippen molar-refractivity contribution in [3.05, 3.63) is 83.4 Å². The maximum atomic E-state index is 16.1. The maximum Gasteiger partial charge on any atom is 0.376 e. The standard InChI is InChI=1S/C39H52F2O3/c1-3-5-7-9-11-12-13-14-15-18-24-32-25-26-33(30-36(32)40)37-34(31-22-19-17-20-23-31)27-28-35(38(37)41)39(42)44-43-29-21-16-10-8-6-4-2/h17,19-20,22-23,25-28,30H,3-16,18,21,24,29H2,1-2H3. The van der Waals surface area contributed by atoms with E-state index in [2.05, 4.69) is 13.8 Å². The molecule has 0 saturated carbocycles. The Balaban J connectivity index is 1.65. The normalized spacial score (nSPS) is 11.2. The van der Waals surface area contributed by atoms with Crippen molar-refractivity contribution < 1.29 is 23.4 Å². The van der Waals surface area contributed by atoms with E-state index in [4.69, 9.17) is 9.78 Å². The van der Waals surface area contributed by atoms with Crippen molar-refractivity contribution in [3.63, 3.8) is 0 Å². The summed E-state index contributed by atoms with van der Waals surface area (Å²) in [5.41, 5.74) is 2.30. The van der Waals surface area contributed by atoms with Crippen LogP contribution in [0.2, 0.25) is 0 Å². The summed E-state index contributed by atoms with van der Waals surface area (Å²) in [7, 11) is 0. The third kappa shape index (κ3) is 11.8. The van der Waals surface area contributed by atoms with Crippen LogP contribution in [0.4, 0.5) is 8.78 Å². The van der Waals surface area contributed by atoms with Crippen LogP contribution in [0.25, 0.3) is 22.3 Å². The first-order chi connectivity index (χ1) is 21.6. The van der Waals surface area contributed by atoms with Gasteiger partial charge in [0.1, 0.15) is 11.6 Å². The topological polar surface area (TPSA) is 35.5 Å². The molecule has 3 rings (SSSR count). The molecule has 0 unspecified atom stereocenters. The second-order valence-corrected chi connectivity index (χ2v) is 11.9. The highest BCUT2D eigenvalue weighted by molar-refractivity contribution is 5.95. The molecule has 0 heterocycles. The van der Waals surface area contributed by atoms with Gasteiger partial charge in [-0.15, -0.1) is 0 Å². The van der Waals surface area contributed by atoms with Gasteiger partial charge >= 0.3 is 5.97 Å². The molecular formula is C39H52F2O3. The van der Waals surface area contributed by atoms with Gasteiger partial charge in [0.25, 0.3) is 0 Å². The third-order valence-electron chi connectivity index (χ3n) is 8.30. The van der Waals surface area contributed by atoms with E-state index in [-0.39, 0.29) is 23.6 Å². The van der Waals surface area contributed by atoms with Gasteiger partial charge in [0, 0.05) is 5.56 Å². The van der Waals surface area contributed by atoms with Gasteiger partial charge < -0.3 is 0 Å². The lowest BCUT2D eigenvalue weighted by Crippen LogP contribution is -2.10.